The molecule has 0 aliphatic heterocycles. The maximum absolute atomic E-state index is 10.3. The van der Waals surface area contributed by atoms with Crippen LogP contribution in [0.15, 0.2) is 48.8 Å². The van der Waals surface area contributed by atoms with Crippen molar-refractivity contribution in [3.8, 4) is 0 Å². The van der Waals surface area contributed by atoms with Gasteiger partial charge in [-0.2, -0.15) is 0 Å². The molecule has 7 heteroatoms. The first kappa shape index (κ1) is 47.3. The van der Waals surface area contributed by atoms with Gasteiger partial charge in [0.1, 0.15) is 0 Å². The standard InChI is InChI=1S/2C14H22NP.C9H18O2.2CH3.Fe/c2*1-14(2,3)16(12-8-4-5-9-12)13-10-6-7-11-15-13;1-7(5-8(10)11)6-9(2,3)4;;;/h2*6-7,10-12H,4-5,8-9H2,1-3H3;7H,5-6H2,1-4H3,(H,10,11);2*1H3;/q;;;2*-1;+2. The van der Waals surface area contributed by atoms with Crippen LogP contribution in [0.2, 0.25) is 0 Å². The predicted octanol–water partition coefficient (Wildman–Crippen LogP) is 11.3. The van der Waals surface area contributed by atoms with Crippen molar-refractivity contribution >= 4 is 32.7 Å². The molecule has 2 heterocycles. The number of aromatic nitrogens is 2. The molecule has 4 rings (SSSR count). The summed E-state index contributed by atoms with van der Waals surface area (Å²) in [6.45, 7) is 22.7. The van der Waals surface area contributed by atoms with Gasteiger partial charge in [-0.25, -0.2) is 0 Å². The van der Waals surface area contributed by atoms with Crippen LogP contribution in [-0.2, 0) is 21.9 Å². The van der Waals surface area contributed by atoms with Crippen LogP contribution in [0.5, 0.6) is 0 Å². The zero-order valence-corrected chi connectivity index (χ0v) is 34.3. The van der Waals surface area contributed by atoms with Crippen LogP contribution in [0.25, 0.3) is 0 Å². The molecule has 2 fully saturated rings. The Kier molecular flexibility index (Phi) is 22.6. The maximum Gasteiger partial charge on any atom is 2.00 e. The Morgan fingerprint density at radius 3 is 1.33 bits per heavy atom. The Bertz CT molecular complexity index is 984. The van der Waals surface area contributed by atoms with E-state index in [0.717, 1.165) is 17.7 Å². The van der Waals surface area contributed by atoms with Gasteiger partial charge in [-0.15, -0.1) is 0 Å². The Labute approximate surface area is 298 Å². The van der Waals surface area contributed by atoms with E-state index >= 15 is 0 Å². The average Bonchev–Trinajstić information content (AvgIpc) is 3.58. The van der Waals surface area contributed by atoms with E-state index in [0.29, 0.717) is 10.3 Å². The smallest absolute Gasteiger partial charge is 0.481 e. The van der Waals surface area contributed by atoms with Crippen LogP contribution in [0.4, 0.5) is 0 Å². The normalized spacial score (nSPS) is 17.3. The monoisotopic (exact) mass is 714 g/mol. The number of hydrogen-bond donors (Lipinski definition) is 1. The molecule has 2 saturated carbocycles. The molecule has 2 aliphatic carbocycles. The Hall–Kier alpha value is -0.851. The molecule has 0 bridgehead atoms. The van der Waals surface area contributed by atoms with Gasteiger partial charge in [-0.1, -0.05) is 107 Å². The first-order valence-corrected chi connectivity index (χ1v) is 19.4. The van der Waals surface area contributed by atoms with Gasteiger partial charge in [0.25, 0.3) is 0 Å². The van der Waals surface area contributed by atoms with Crippen LogP contribution in [0.3, 0.4) is 0 Å². The van der Waals surface area contributed by atoms with E-state index in [1.807, 2.05) is 31.5 Å². The molecule has 46 heavy (non-hydrogen) atoms. The summed E-state index contributed by atoms with van der Waals surface area (Å²) in [5, 5.41) is 9.26. The molecular formula is C39H68FeN2O2P2. The Balaban J connectivity index is 0. The fourth-order valence-electron chi connectivity index (χ4n) is 6.89. The number of rotatable bonds is 7. The van der Waals surface area contributed by atoms with Gasteiger partial charge in [-0.05, 0) is 105 Å². The summed E-state index contributed by atoms with van der Waals surface area (Å²) in [6, 6.07) is 12.8. The summed E-state index contributed by atoms with van der Waals surface area (Å²) in [4.78, 5) is 19.5. The molecule has 2 aromatic heterocycles. The van der Waals surface area contributed by atoms with Crippen LogP contribution < -0.4 is 10.9 Å². The minimum atomic E-state index is -0.693. The molecule has 0 amide bonds. The number of nitrogens with zero attached hydrogens (tertiary/aromatic N) is 2. The second kappa shape index (κ2) is 22.0. The molecule has 0 aromatic carbocycles. The number of hydrogen-bond acceptors (Lipinski definition) is 3. The Morgan fingerprint density at radius 1 is 0.739 bits per heavy atom. The molecule has 264 valence electrons. The Morgan fingerprint density at radius 2 is 1.09 bits per heavy atom. The van der Waals surface area contributed by atoms with Crippen LogP contribution in [0, 0.1) is 26.2 Å². The van der Waals surface area contributed by atoms with Gasteiger partial charge in [0, 0.05) is 18.8 Å². The van der Waals surface area contributed by atoms with E-state index in [1.165, 1.54) is 62.2 Å². The number of carboxylic acid groups (broad SMARTS) is 1. The molecule has 2 aliphatic rings. The van der Waals surface area contributed by atoms with Gasteiger partial charge in [0.15, 0.2) is 0 Å². The number of aliphatic carboxylic acids is 1. The molecule has 3 unspecified atom stereocenters. The molecular weight excluding hydrogens is 646 g/mol. The topological polar surface area (TPSA) is 63.1 Å². The van der Waals surface area contributed by atoms with E-state index in [4.69, 9.17) is 5.11 Å². The molecule has 0 saturated heterocycles. The molecule has 0 spiro atoms. The first-order chi connectivity index (χ1) is 20.0. The third kappa shape index (κ3) is 17.5. The molecule has 1 N–H and O–H groups in total. The fourth-order valence-corrected chi connectivity index (χ4v) is 13.8. The summed E-state index contributed by atoms with van der Waals surface area (Å²) < 4.78 is 0. The molecule has 2 aromatic rings. The molecule has 0 radical (unpaired) electrons. The first-order valence-electron chi connectivity index (χ1n) is 16.6. The van der Waals surface area contributed by atoms with Crippen LogP contribution in [-0.4, -0.2) is 42.7 Å². The third-order valence-electron chi connectivity index (χ3n) is 8.10. The minimum absolute atomic E-state index is 0. The number of pyridine rings is 2. The molecule has 4 nitrogen and oxygen atoms in total. The zero-order valence-electron chi connectivity index (χ0n) is 31.4. The van der Waals surface area contributed by atoms with Gasteiger partial charge < -0.3 is 20.0 Å². The fraction of sp³-hybridized carbons (Fsp3) is 0.667. The van der Waals surface area contributed by atoms with Gasteiger partial charge in [-0.3, -0.25) is 14.8 Å². The van der Waals surface area contributed by atoms with Crippen molar-refractivity contribution < 1.29 is 27.0 Å². The zero-order chi connectivity index (χ0) is 32.3. The van der Waals surface area contributed by atoms with Crippen LogP contribution in [0.1, 0.15) is 133 Å². The third-order valence-corrected chi connectivity index (χ3v) is 15.0. The predicted molar refractivity (Wildman–Crippen MR) is 204 cm³/mol. The van der Waals surface area contributed by atoms with Gasteiger partial charge >= 0.3 is 23.0 Å². The second-order valence-corrected chi connectivity index (χ2v) is 22.3. The van der Waals surface area contributed by atoms with Crippen molar-refractivity contribution in [2.45, 2.75) is 155 Å². The second-order valence-electron chi connectivity index (χ2n) is 15.8. The quantitative estimate of drug-likeness (QED) is 0.176. The summed E-state index contributed by atoms with van der Waals surface area (Å²) in [5.41, 5.74) is 4.78. The van der Waals surface area contributed by atoms with Crippen molar-refractivity contribution in [3.05, 3.63) is 63.6 Å². The number of carboxylic acids is 1. The van der Waals surface area contributed by atoms with E-state index < -0.39 is 5.97 Å². The summed E-state index contributed by atoms with van der Waals surface area (Å²) in [5.74, 6) is -0.408. The largest absolute Gasteiger partial charge is 2.00 e. The van der Waals surface area contributed by atoms with E-state index in [-0.39, 0.29) is 65.5 Å². The van der Waals surface area contributed by atoms with Crippen molar-refractivity contribution in [1.82, 2.24) is 9.97 Å². The average molecular weight is 715 g/mol. The van der Waals surface area contributed by atoms with Gasteiger partial charge in [0.2, 0.25) is 0 Å². The summed E-state index contributed by atoms with van der Waals surface area (Å²) in [7, 11) is -0.218. The summed E-state index contributed by atoms with van der Waals surface area (Å²) in [6.07, 6.45) is 16.5. The van der Waals surface area contributed by atoms with E-state index in [9.17, 15) is 4.79 Å². The van der Waals surface area contributed by atoms with E-state index in [1.54, 1.807) is 0 Å². The van der Waals surface area contributed by atoms with Crippen molar-refractivity contribution in [2.24, 2.45) is 11.3 Å². The SMILES string of the molecule is CC(C)(C)P(c1ccccn1)C1CCCC1.CC(C)(C)P(c1ccccn1)C1CCCC1.CC(CC(=O)O)CC(C)(C)C.[CH3-].[CH3-].[Fe+2]. The van der Waals surface area contributed by atoms with Crippen molar-refractivity contribution in [2.75, 3.05) is 0 Å². The molecule has 3 atom stereocenters. The minimum Gasteiger partial charge on any atom is -0.481 e. The van der Waals surface area contributed by atoms with Crippen molar-refractivity contribution in [1.29, 1.82) is 0 Å². The van der Waals surface area contributed by atoms with Crippen LogP contribution >= 0.6 is 15.8 Å². The van der Waals surface area contributed by atoms with E-state index in [2.05, 4.69) is 96.5 Å². The maximum atomic E-state index is 10.3. The van der Waals surface area contributed by atoms with Crippen molar-refractivity contribution in [3.63, 3.8) is 0 Å². The number of carbonyl (C=O) groups is 1. The summed E-state index contributed by atoms with van der Waals surface area (Å²) >= 11 is 0. The van der Waals surface area contributed by atoms with Gasteiger partial charge in [0.05, 0.1) is 10.9 Å².